The van der Waals surface area contributed by atoms with Gasteiger partial charge in [-0.25, -0.2) is 8.42 Å². The highest BCUT2D eigenvalue weighted by Crippen LogP contribution is 2.46. The fourth-order valence-electron chi connectivity index (χ4n) is 3.45. The maximum Gasteiger partial charge on any atom is 0.586 e. The first-order chi connectivity index (χ1) is 13.8. The Morgan fingerprint density at radius 2 is 1.97 bits per heavy atom. The monoisotopic (exact) mass is 426 g/mol. The van der Waals surface area contributed by atoms with Crippen molar-refractivity contribution in [1.82, 2.24) is 5.32 Å². The summed E-state index contributed by atoms with van der Waals surface area (Å²) in [7, 11) is -2.63. The average molecular weight is 426 g/mol. The van der Waals surface area contributed by atoms with Crippen LogP contribution in [0.1, 0.15) is 6.42 Å². The minimum Gasteiger partial charge on any atom is -0.495 e. The van der Waals surface area contributed by atoms with Crippen LogP contribution in [0.25, 0.3) is 0 Å². The number of halogens is 2. The van der Waals surface area contributed by atoms with Crippen LogP contribution in [0.5, 0.6) is 17.2 Å². The van der Waals surface area contributed by atoms with Crippen LogP contribution >= 0.6 is 0 Å². The van der Waals surface area contributed by atoms with E-state index in [9.17, 15) is 17.2 Å². The topological polar surface area (TPSA) is 77.1 Å². The average Bonchev–Trinajstić information content (AvgIpc) is 2.85. The summed E-state index contributed by atoms with van der Waals surface area (Å²) in [6.45, 7) is 3.05. The SMILES string of the molecule is COc1ccc(S(=O)(=O)c2cccc3c2OC(F)(F)O3)cc1N1CCCNCC1. The molecule has 1 saturated heterocycles. The van der Waals surface area contributed by atoms with Crippen molar-refractivity contribution in [2.24, 2.45) is 0 Å². The summed E-state index contributed by atoms with van der Waals surface area (Å²) in [5, 5.41) is 3.29. The molecule has 0 aliphatic carbocycles. The Morgan fingerprint density at radius 3 is 2.76 bits per heavy atom. The lowest BCUT2D eigenvalue weighted by Crippen LogP contribution is -2.28. The van der Waals surface area contributed by atoms with Gasteiger partial charge in [0, 0.05) is 19.6 Å². The van der Waals surface area contributed by atoms with E-state index in [1.807, 2.05) is 4.90 Å². The van der Waals surface area contributed by atoms with E-state index in [2.05, 4.69) is 14.8 Å². The third kappa shape index (κ3) is 3.69. The number of anilines is 1. The molecule has 2 heterocycles. The zero-order valence-electron chi connectivity index (χ0n) is 15.7. The van der Waals surface area contributed by atoms with Crippen molar-refractivity contribution < 1.29 is 31.4 Å². The number of alkyl halides is 2. The second-order valence-corrected chi connectivity index (χ2v) is 8.60. The first kappa shape index (κ1) is 19.7. The highest BCUT2D eigenvalue weighted by Gasteiger charge is 2.46. The van der Waals surface area contributed by atoms with Crippen LogP contribution in [0.15, 0.2) is 46.2 Å². The number of para-hydroxylation sites is 1. The standard InChI is InChI=1S/C19H20F2N2O5S/c1-26-15-7-6-13(12-14(15)23-10-3-8-22-9-11-23)29(24,25)17-5-2-4-16-18(17)28-19(20,21)27-16/h2,4-7,12,22H,3,8-11H2,1H3. The highest BCUT2D eigenvalue weighted by atomic mass is 32.2. The van der Waals surface area contributed by atoms with Gasteiger partial charge >= 0.3 is 6.29 Å². The predicted molar refractivity (Wildman–Crippen MR) is 101 cm³/mol. The number of sulfone groups is 1. The molecule has 2 aliphatic rings. The molecule has 0 radical (unpaired) electrons. The quantitative estimate of drug-likeness (QED) is 0.806. The lowest BCUT2D eigenvalue weighted by Gasteiger charge is -2.25. The molecule has 0 unspecified atom stereocenters. The number of hydrogen-bond acceptors (Lipinski definition) is 7. The largest absolute Gasteiger partial charge is 0.586 e. The van der Waals surface area contributed by atoms with Gasteiger partial charge in [0.25, 0.3) is 0 Å². The van der Waals surface area contributed by atoms with E-state index in [0.29, 0.717) is 18.0 Å². The van der Waals surface area contributed by atoms with E-state index in [1.54, 1.807) is 6.07 Å². The van der Waals surface area contributed by atoms with Crippen LogP contribution in [0.2, 0.25) is 0 Å². The van der Waals surface area contributed by atoms with Crippen LogP contribution in [-0.4, -0.2) is 48.0 Å². The number of methoxy groups -OCH3 is 1. The summed E-state index contributed by atoms with van der Waals surface area (Å²) < 4.78 is 67.7. The Labute approximate surface area is 167 Å². The summed E-state index contributed by atoms with van der Waals surface area (Å²) >= 11 is 0. The van der Waals surface area contributed by atoms with Gasteiger partial charge in [0.2, 0.25) is 9.84 Å². The normalized spacial score (nSPS) is 18.4. The van der Waals surface area contributed by atoms with E-state index < -0.39 is 21.9 Å². The van der Waals surface area contributed by atoms with Gasteiger partial charge in [0.15, 0.2) is 11.5 Å². The molecule has 0 spiro atoms. The van der Waals surface area contributed by atoms with Gasteiger partial charge in [-0.3, -0.25) is 0 Å². The lowest BCUT2D eigenvalue weighted by atomic mass is 10.2. The van der Waals surface area contributed by atoms with E-state index in [1.165, 1.54) is 37.4 Å². The fraction of sp³-hybridized carbons (Fsp3) is 0.368. The number of fused-ring (bicyclic) bond motifs is 1. The summed E-state index contributed by atoms with van der Waals surface area (Å²) in [6, 6.07) is 8.25. The third-order valence-corrected chi connectivity index (χ3v) is 6.60. The van der Waals surface area contributed by atoms with E-state index in [0.717, 1.165) is 26.1 Å². The summed E-state index contributed by atoms with van der Waals surface area (Å²) in [5.41, 5.74) is 0.632. The maximum atomic E-state index is 13.5. The first-order valence-electron chi connectivity index (χ1n) is 9.09. The van der Waals surface area contributed by atoms with Gasteiger partial charge < -0.3 is 24.4 Å². The van der Waals surface area contributed by atoms with Crippen LogP contribution in [0.3, 0.4) is 0 Å². The number of benzene rings is 2. The minimum absolute atomic E-state index is 0.0438. The van der Waals surface area contributed by atoms with Crippen molar-refractivity contribution in [1.29, 1.82) is 0 Å². The molecule has 10 heteroatoms. The molecule has 0 aromatic heterocycles. The molecule has 4 rings (SSSR count). The first-order valence-corrected chi connectivity index (χ1v) is 10.6. The molecule has 0 atom stereocenters. The minimum atomic E-state index is -4.15. The Balaban J connectivity index is 1.77. The van der Waals surface area contributed by atoms with Crippen LogP contribution in [-0.2, 0) is 9.84 Å². The number of nitrogens with zero attached hydrogens (tertiary/aromatic N) is 1. The molecule has 7 nitrogen and oxygen atoms in total. The number of rotatable bonds is 4. The Kier molecular flexibility index (Phi) is 4.99. The molecular formula is C19H20F2N2O5S. The molecular weight excluding hydrogens is 406 g/mol. The van der Waals surface area contributed by atoms with E-state index >= 15 is 0 Å². The van der Waals surface area contributed by atoms with Crippen LogP contribution < -0.4 is 24.4 Å². The number of hydrogen-bond donors (Lipinski definition) is 1. The zero-order valence-corrected chi connectivity index (χ0v) is 16.5. The summed E-state index contributed by atoms with van der Waals surface area (Å²) in [5.74, 6) is -0.271. The lowest BCUT2D eigenvalue weighted by molar-refractivity contribution is -0.287. The molecule has 0 amide bonds. The molecule has 1 fully saturated rings. The zero-order chi connectivity index (χ0) is 20.6. The van der Waals surface area contributed by atoms with Gasteiger partial charge in [-0.15, -0.1) is 8.78 Å². The third-order valence-electron chi connectivity index (χ3n) is 4.82. The number of ether oxygens (including phenoxy) is 3. The molecule has 2 aliphatic heterocycles. The summed E-state index contributed by atoms with van der Waals surface area (Å²) in [6.07, 6.45) is -3.01. The molecule has 2 aromatic rings. The van der Waals surface area contributed by atoms with Crippen molar-refractivity contribution in [3.8, 4) is 17.2 Å². The second kappa shape index (κ2) is 7.34. The second-order valence-electron chi connectivity index (χ2n) is 6.68. The maximum absolute atomic E-state index is 13.5. The summed E-state index contributed by atoms with van der Waals surface area (Å²) in [4.78, 5) is 1.62. The van der Waals surface area contributed by atoms with Gasteiger partial charge in [-0.05, 0) is 43.3 Å². The molecule has 2 aromatic carbocycles. The van der Waals surface area contributed by atoms with Crippen LogP contribution in [0.4, 0.5) is 14.5 Å². The van der Waals surface area contributed by atoms with E-state index in [4.69, 9.17) is 4.74 Å². The highest BCUT2D eigenvalue weighted by molar-refractivity contribution is 7.91. The Morgan fingerprint density at radius 1 is 1.14 bits per heavy atom. The van der Waals surface area contributed by atoms with Gasteiger partial charge in [0.1, 0.15) is 10.6 Å². The molecule has 29 heavy (non-hydrogen) atoms. The van der Waals surface area contributed by atoms with E-state index in [-0.39, 0.29) is 15.5 Å². The predicted octanol–water partition coefficient (Wildman–Crippen LogP) is 2.65. The van der Waals surface area contributed by atoms with Crippen molar-refractivity contribution >= 4 is 15.5 Å². The molecule has 0 saturated carbocycles. The smallest absolute Gasteiger partial charge is 0.495 e. The van der Waals surface area contributed by atoms with Crippen molar-refractivity contribution in [2.75, 3.05) is 38.2 Å². The molecule has 1 N–H and O–H groups in total. The number of nitrogens with one attached hydrogen (secondary N) is 1. The van der Waals surface area contributed by atoms with Gasteiger partial charge in [0.05, 0.1) is 17.7 Å². The van der Waals surface area contributed by atoms with Gasteiger partial charge in [-0.2, -0.15) is 0 Å². The molecule has 0 bridgehead atoms. The van der Waals surface area contributed by atoms with Crippen LogP contribution in [0, 0.1) is 0 Å². The van der Waals surface area contributed by atoms with Crippen molar-refractivity contribution in [2.45, 2.75) is 22.5 Å². The molecule has 156 valence electrons. The van der Waals surface area contributed by atoms with Crippen molar-refractivity contribution in [3.05, 3.63) is 36.4 Å². The van der Waals surface area contributed by atoms with Crippen molar-refractivity contribution in [3.63, 3.8) is 0 Å². The van der Waals surface area contributed by atoms with Gasteiger partial charge in [-0.1, -0.05) is 6.07 Å². The Hall–Kier alpha value is -2.59. The fourth-order valence-corrected chi connectivity index (χ4v) is 4.87. The Bertz CT molecular complexity index is 1020.